The maximum absolute atomic E-state index is 13.5. The summed E-state index contributed by atoms with van der Waals surface area (Å²) in [4.78, 5) is 33.0. The number of hydrogen-bond acceptors (Lipinski definition) is 8. The predicted octanol–water partition coefficient (Wildman–Crippen LogP) is 5.26. The lowest BCUT2D eigenvalue weighted by Crippen LogP contribution is -2.29. The summed E-state index contributed by atoms with van der Waals surface area (Å²) in [5.41, 5.74) is 2.49. The van der Waals surface area contributed by atoms with Gasteiger partial charge in [-0.05, 0) is 31.2 Å². The lowest BCUT2D eigenvalue weighted by molar-refractivity contribution is -0.132. The standard InChI is InChI=1S/C28H24N2O6S/c1-15-8-10-16(11-9-15)24(31)22-23(18-6-5-7-20(35-3)26(18)36-4)30(27(33)25(22)32)28-29-19-13-12-17(34-2)14-21(19)37-28/h5-14,23,31H,1-4H3/t23-/m1/s1. The molecule has 0 unspecified atom stereocenters. The van der Waals surface area contributed by atoms with Crippen molar-refractivity contribution in [2.45, 2.75) is 13.0 Å². The molecule has 9 heteroatoms. The number of benzene rings is 3. The molecule has 1 atom stereocenters. The molecule has 188 valence electrons. The van der Waals surface area contributed by atoms with Crippen molar-refractivity contribution in [1.82, 2.24) is 4.98 Å². The zero-order valence-corrected chi connectivity index (χ0v) is 21.5. The summed E-state index contributed by atoms with van der Waals surface area (Å²) in [5.74, 6) is -0.470. The van der Waals surface area contributed by atoms with E-state index in [-0.39, 0.29) is 11.3 Å². The van der Waals surface area contributed by atoms with Crippen LogP contribution in [-0.2, 0) is 9.59 Å². The van der Waals surface area contributed by atoms with Gasteiger partial charge in [0.2, 0.25) is 0 Å². The van der Waals surface area contributed by atoms with Gasteiger partial charge in [0.25, 0.3) is 5.78 Å². The Labute approximate surface area is 217 Å². The van der Waals surface area contributed by atoms with Crippen LogP contribution in [0.25, 0.3) is 16.0 Å². The van der Waals surface area contributed by atoms with Crippen LogP contribution < -0.4 is 19.1 Å². The minimum Gasteiger partial charge on any atom is -0.507 e. The fourth-order valence-electron chi connectivity index (χ4n) is 4.44. The van der Waals surface area contributed by atoms with Crippen LogP contribution in [0.3, 0.4) is 0 Å². The fraction of sp³-hybridized carbons (Fsp3) is 0.179. The first-order chi connectivity index (χ1) is 17.9. The number of nitrogens with zero attached hydrogens (tertiary/aromatic N) is 2. The third-order valence-corrected chi connectivity index (χ3v) is 7.31. The molecule has 1 aromatic heterocycles. The zero-order valence-electron chi connectivity index (χ0n) is 20.6. The van der Waals surface area contributed by atoms with Gasteiger partial charge >= 0.3 is 5.91 Å². The largest absolute Gasteiger partial charge is 0.507 e. The number of para-hydroxylation sites is 1. The molecule has 5 rings (SSSR count). The van der Waals surface area contributed by atoms with Crippen molar-refractivity contribution in [3.8, 4) is 17.2 Å². The van der Waals surface area contributed by atoms with Crippen molar-refractivity contribution in [1.29, 1.82) is 0 Å². The van der Waals surface area contributed by atoms with E-state index in [9.17, 15) is 14.7 Å². The first-order valence-corrected chi connectivity index (χ1v) is 12.2. The molecule has 3 aromatic carbocycles. The number of carbonyl (C=O) groups is 2. The summed E-state index contributed by atoms with van der Waals surface area (Å²) in [6.07, 6.45) is 0. The van der Waals surface area contributed by atoms with Gasteiger partial charge in [-0.2, -0.15) is 0 Å². The Kier molecular flexibility index (Phi) is 6.31. The van der Waals surface area contributed by atoms with Crippen LogP contribution in [0.2, 0.25) is 0 Å². The summed E-state index contributed by atoms with van der Waals surface area (Å²) in [6, 6.07) is 16.7. The summed E-state index contributed by atoms with van der Waals surface area (Å²) >= 11 is 1.25. The second-order valence-electron chi connectivity index (χ2n) is 8.45. The van der Waals surface area contributed by atoms with Gasteiger partial charge in [-0.25, -0.2) is 4.98 Å². The predicted molar refractivity (Wildman–Crippen MR) is 142 cm³/mol. The third kappa shape index (κ3) is 4.07. The lowest BCUT2D eigenvalue weighted by atomic mass is 9.94. The Morgan fingerprint density at radius 3 is 2.41 bits per heavy atom. The molecular weight excluding hydrogens is 492 g/mol. The molecule has 4 aromatic rings. The lowest BCUT2D eigenvalue weighted by Gasteiger charge is -2.25. The first-order valence-electron chi connectivity index (χ1n) is 11.4. The number of aromatic nitrogens is 1. The van der Waals surface area contributed by atoms with Crippen molar-refractivity contribution in [3.63, 3.8) is 0 Å². The third-order valence-electron chi connectivity index (χ3n) is 6.29. The highest BCUT2D eigenvalue weighted by Gasteiger charge is 2.49. The number of amides is 1. The van der Waals surface area contributed by atoms with Crippen LogP contribution in [0.1, 0.15) is 22.7 Å². The van der Waals surface area contributed by atoms with Gasteiger partial charge in [-0.3, -0.25) is 14.5 Å². The van der Waals surface area contributed by atoms with E-state index in [0.29, 0.717) is 39.0 Å². The van der Waals surface area contributed by atoms with Gasteiger partial charge in [-0.15, -0.1) is 0 Å². The molecule has 0 aliphatic carbocycles. The molecule has 1 fully saturated rings. The highest BCUT2D eigenvalue weighted by molar-refractivity contribution is 7.22. The van der Waals surface area contributed by atoms with Crippen LogP contribution in [0.5, 0.6) is 17.2 Å². The molecule has 1 N–H and O–H groups in total. The highest BCUT2D eigenvalue weighted by Crippen LogP contribution is 2.48. The second kappa shape index (κ2) is 9.59. The molecule has 1 aliphatic heterocycles. The molecule has 1 saturated heterocycles. The maximum Gasteiger partial charge on any atom is 0.301 e. The van der Waals surface area contributed by atoms with E-state index < -0.39 is 17.7 Å². The fourth-order valence-corrected chi connectivity index (χ4v) is 5.46. The Morgan fingerprint density at radius 2 is 1.73 bits per heavy atom. The maximum atomic E-state index is 13.5. The van der Waals surface area contributed by atoms with Crippen LogP contribution in [-0.4, -0.2) is 43.1 Å². The van der Waals surface area contributed by atoms with Gasteiger partial charge in [-0.1, -0.05) is 53.3 Å². The molecule has 8 nitrogen and oxygen atoms in total. The summed E-state index contributed by atoms with van der Waals surface area (Å²) in [5, 5.41) is 11.7. The van der Waals surface area contributed by atoms with Gasteiger partial charge < -0.3 is 19.3 Å². The van der Waals surface area contributed by atoms with Crippen LogP contribution in [0.4, 0.5) is 5.13 Å². The highest BCUT2D eigenvalue weighted by atomic mass is 32.1. The number of fused-ring (bicyclic) bond motifs is 1. The van der Waals surface area contributed by atoms with E-state index >= 15 is 0 Å². The molecule has 1 amide bonds. The molecule has 0 radical (unpaired) electrons. The van der Waals surface area contributed by atoms with Gasteiger partial charge in [0.05, 0.1) is 37.1 Å². The van der Waals surface area contributed by atoms with E-state index in [4.69, 9.17) is 14.2 Å². The van der Waals surface area contributed by atoms with Crippen molar-refractivity contribution in [2.24, 2.45) is 0 Å². The average Bonchev–Trinajstić information content (AvgIpc) is 3.45. The topological polar surface area (TPSA) is 98.2 Å². The summed E-state index contributed by atoms with van der Waals surface area (Å²) in [6.45, 7) is 1.92. The average molecular weight is 517 g/mol. The van der Waals surface area contributed by atoms with Crippen LogP contribution in [0, 0.1) is 6.92 Å². The number of ether oxygens (including phenoxy) is 3. The Balaban J connectivity index is 1.77. The summed E-state index contributed by atoms with van der Waals surface area (Å²) in [7, 11) is 4.56. The number of anilines is 1. The molecule has 0 bridgehead atoms. The van der Waals surface area contributed by atoms with Gasteiger partial charge in [0, 0.05) is 11.1 Å². The van der Waals surface area contributed by atoms with Crippen molar-refractivity contribution < 1.29 is 28.9 Å². The van der Waals surface area contributed by atoms with Gasteiger partial charge in [0.15, 0.2) is 16.6 Å². The molecule has 0 spiro atoms. The normalized spacial score (nSPS) is 16.9. The number of aliphatic hydroxyl groups excluding tert-OH is 1. The summed E-state index contributed by atoms with van der Waals surface area (Å²) < 4.78 is 17.2. The van der Waals surface area contributed by atoms with Crippen molar-refractivity contribution in [2.75, 3.05) is 26.2 Å². The van der Waals surface area contributed by atoms with Gasteiger partial charge in [0.1, 0.15) is 17.6 Å². The van der Waals surface area contributed by atoms with E-state index in [0.717, 1.165) is 10.3 Å². The SMILES string of the molecule is COc1ccc2nc(N3C(=O)C(=O)C(=C(O)c4ccc(C)cc4)[C@H]3c3cccc(OC)c3OC)sc2c1. The van der Waals surface area contributed by atoms with E-state index in [1.54, 1.807) is 49.6 Å². The number of rotatable bonds is 6. The Bertz CT molecular complexity index is 1560. The zero-order chi connectivity index (χ0) is 26.3. The number of ketones is 1. The Hall–Kier alpha value is -4.37. The minimum absolute atomic E-state index is 0.0581. The quantitative estimate of drug-likeness (QED) is 0.212. The van der Waals surface area contributed by atoms with Crippen molar-refractivity contribution in [3.05, 3.63) is 82.9 Å². The number of Topliss-reactive ketones (excluding diaryl/α,β-unsaturated/α-hetero) is 1. The molecule has 37 heavy (non-hydrogen) atoms. The molecule has 1 aliphatic rings. The number of aryl methyl sites for hydroxylation is 1. The smallest absolute Gasteiger partial charge is 0.301 e. The molecule has 2 heterocycles. The van der Waals surface area contributed by atoms with Crippen LogP contribution in [0.15, 0.2) is 66.2 Å². The van der Waals surface area contributed by atoms with E-state index in [1.165, 1.54) is 30.5 Å². The number of aliphatic hydroxyl groups is 1. The molecule has 0 saturated carbocycles. The number of methoxy groups -OCH3 is 3. The Morgan fingerprint density at radius 1 is 0.973 bits per heavy atom. The van der Waals surface area contributed by atoms with E-state index in [2.05, 4.69) is 4.98 Å². The van der Waals surface area contributed by atoms with Crippen molar-refractivity contribution >= 4 is 44.1 Å². The van der Waals surface area contributed by atoms with Crippen LogP contribution >= 0.6 is 11.3 Å². The number of thiazole rings is 1. The molecular formula is C28H24N2O6S. The number of hydrogen-bond donors (Lipinski definition) is 1. The minimum atomic E-state index is -1.01. The monoisotopic (exact) mass is 516 g/mol. The number of carbonyl (C=O) groups excluding carboxylic acids is 2. The first kappa shape index (κ1) is 24.3. The second-order valence-corrected chi connectivity index (χ2v) is 9.46. The van der Waals surface area contributed by atoms with E-state index in [1.807, 2.05) is 25.1 Å².